The molecule has 20 heavy (non-hydrogen) atoms. The van der Waals surface area contributed by atoms with Gasteiger partial charge in [-0.25, -0.2) is 4.79 Å². The van der Waals surface area contributed by atoms with Crippen molar-refractivity contribution >= 4 is 5.97 Å². The topological polar surface area (TPSA) is 63.1 Å². The number of nitrogens with zero attached hydrogens (tertiary/aromatic N) is 2. The first kappa shape index (κ1) is 15.8. The monoisotopic (exact) mass is 272 g/mol. The van der Waals surface area contributed by atoms with Gasteiger partial charge in [-0.2, -0.15) is 0 Å². The Labute approximate surface area is 119 Å². The highest BCUT2D eigenvalue weighted by Crippen LogP contribution is 2.04. The number of pyridine rings is 2. The predicted molar refractivity (Wildman–Crippen MR) is 79.1 cm³/mol. The number of carboxylic acid groups (broad SMARTS) is 1. The predicted octanol–water partition coefficient (Wildman–Crippen LogP) is 3.40. The minimum absolute atomic E-state index is 0.301. The van der Waals surface area contributed by atoms with Gasteiger partial charge in [-0.1, -0.05) is 0 Å². The van der Waals surface area contributed by atoms with Gasteiger partial charge >= 0.3 is 5.97 Å². The second-order valence-corrected chi connectivity index (χ2v) is 4.87. The zero-order chi connectivity index (χ0) is 15.3. The summed E-state index contributed by atoms with van der Waals surface area (Å²) in [5.41, 5.74) is 5.28. The van der Waals surface area contributed by atoms with E-state index in [1.54, 1.807) is 26.0 Å². The molecule has 2 aromatic heterocycles. The van der Waals surface area contributed by atoms with Crippen molar-refractivity contribution in [3.05, 3.63) is 58.2 Å². The molecule has 0 aliphatic heterocycles. The molecule has 0 aliphatic rings. The first-order chi connectivity index (χ1) is 9.27. The molecule has 0 saturated carbocycles. The van der Waals surface area contributed by atoms with Gasteiger partial charge in [-0.05, 0) is 64.4 Å². The fourth-order valence-electron chi connectivity index (χ4n) is 2.00. The summed E-state index contributed by atoms with van der Waals surface area (Å²) in [7, 11) is 0. The average Bonchev–Trinajstić information content (AvgIpc) is 2.26. The fraction of sp³-hybridized carbons (Fsp3) is 0.312. The summed E-state index contributed by atoms with van der Waals surface area (Å²) in [4.78, 5) is 18.8. The number of carbonyl (C=O) groups is 1. The van der Waals surface area contributed by atoms with Crippen molar-refractivity contribution in [3.63, 3.8) is 0 Å². The van der Waals surface area contributed by atoms with E-state index < -0.39 is 5.97 Å². The third kappa shape index (κ3) is 5.18. The lowest BCUT2D eigenvalue weighted by Crippen LogP contribution is -1.99. The number of rotatable bonds is 1. The van der Waals surface area contributed by atoms with Gasteiger partial charge in [0.1, 0.15) is 0 Å². The third-order valence-electron chi connectivity index (χ3n) is 2.55. The summed E-state index contributed by atoms with van der Waals surface area (Å²) in [6.07, 6.45) is 0. The molecule has 2 aromatic rings. The molecule has 0 bridgehead atoms. The van der Waals surface area contributed by atoms with E-state index in [-0.39, 0.29) is 0 Å². The van der Waals surface area contributed by atoms with Crippen molar-refractivity contribution in [1.29, 1.82) is 0 Å². The first-order valence-electron chi connectivity index (χ1n) is 6.38. The van der Waals surface area contributed by atoms with E-state index in [1.165, 1.54) is 5.56 Å². The molecule has 0 fully saturated rings. The molecule has 2 heterocycles. The van der Waals surface area contributed by atoms with Crippen molar-refractivity contribution in [2.45, 2.75) is 34.6 Å². The summed E-state index contributed by atoms with van der Waals surface area (Å²) < 4.78 is 0. The zero-order valence-corrected chi connectivity index (χ0v) is 12.6. The molecule has 4 heteroatoms. The quantitative estimate of drug-likeness (QED) is 0.864. The maximum absolute atomic E-state index is 10.5. The van der Waals surface area contributed by atoms with Crippen LogP contribution in [0.15, 0.2) is 24.3 Å². The molecule has 1 N–H and O–H groups in total. The van der Waals surface area contributed by atoms with Gasteiger partial charge in [-0.3, -0.25) is 9.97 Å². The molecule has 0 aliphatic carbocycles. The van der Waals surface area contributed by atoms with Gasteiger partial charge in [0.05, 0.1) is 5.56 Å². The average molecular weight is 272 g/mol. The summed E-state index contributed by atoms with van der Waals surface area (Å²) in [6, 6.07) is 7.25. The lowest BCUT2D eigenvalue weighted by atomic mass is 10.2. The highest BCUT2D eigenvalue weighted by molar-refractivity contribution is 5.87. The summed E-state index contributed by atoms with van der Waals surface area (Å²) in [6.45, 7) is 9.67. The number of hydrogen-bond acceptors (Lipinski definition) is 3. The Hall–Kier alpha value is -2.23. The maximum atomic E-state index is 10.5. The van der Waals surface area contributed by atoms with Crippen LogP contribution in [0.25, 0.3) is 0 Å². The van der Waals surface area contributed by atoms with Crippen LogP contribution in [0, 0.1) is 34.6 Å². The van der Waals surface area contributed by atoms with Gasteiger partial charge in [-0.15, -0.1) is 0 Å². The SMILES string of the molecule is Cc1cc(C(=O)O)cc(C)n1.Cc1cc(C)nc(C)c1. The second kappa shape index (κ2) is 6.80. The van der Waals surface area contributed by atoms with Crippen LogP contribution in [-0.4, -0.2) is 21.0 Å². The van der Waals surface area contributed by atoms with E-state index >= 15 is 0 Å². The standard InChI is InChI=1S/C8H9NO2.C8H11N/c1-5-3-7(8(10)11)4-6(2)9-5;1-6-4-7(2)9-8(3)5-6/h3-4H,1-2H3,(H,10,11);4-5H,1-3H3. The lowest BCUT2D eigenvalue weighted by molar-refractivity contribution is 0.0696. The molecule has 106 valence electrons. The van der Waals surface area contributed by atoms with Crippen molar-refractivity contribution in [2.24, 2.45) is 0 Å². The van der Waals surface area contributed by atoms with Gasteiger partial charge in [0.25, 0.3) is 0 Å². The number of hydrogen-bond donors (Lipinski definition) is 1. The van der Waals surface area contributed by atoms with E-state index in [2.05, 4.69) is 29.0 Å². The number of aromatic carboxylic acids is 1. The molecule has 0 saturated heterocycles. The highest BCUT2D eigenvalue weighted by atomic mass is 16.4. The van der Waals surface area contributed by atoms with Crippen LogP contribution in [0.1, 0.15) is 38.7 Å². The second-order valence-electron chi connectivity index (χ2n) is 4.87. The molecule has 0 radical (unpaired) electrons. The molecule has 4 nitrogen and oxygen atoms in total. The van der Waals surface area contributed by atoms with Crippen LogP contribution >= 0.6 is 0 Å². The summed E-state index contributed by atoms with van der Waals surface area (Å²) in [5.74, 6) is -0.904. The molecule has 0 amide bonds. The Morgan fingerprint density at radius 1 is 0.800 bits per heavy atom. The minimum Gasteiger partial charge on any atom is -0.478 e. The Kier molecular flexibility index (Phi) is 5.38. The Morgan fingerprint density at radius 2 is 1.15 bits per heavy atom. The maximum Gasteiger partial charge on any atom is 0.335 e. The minimum atomic E-state index is -0.904. The fourth-order valence-corrected chi connectivity index (χ4v) is 2.00. The zero-order valence-electron chi connectivity index (χ0n) is 12.6. The number of carboxylic acids is 1. The molecular weight excluding hydrogens is 252 g/mol. The van der Waals surface area contributed by atoms with Crippen molar-refractivity contribution < 1.29 is 9.90 Å². The molecule has 0 atom stereocenters. The van der Waals surface area contributed by atoms with Crippen LogP contribution in [0.2, 0.25) is 0 Å². The van der Waals surface area contributed by atoms with Crippen LogP contribution in [-0.2, 0) is 0 Å². The number of aromatic nitrogens is 2. The van der Waals surface area contributed by atoms with Crippen LogP contribution < -0.4 is 0 Å². The van der Waals surface area contributed by atoms with Gasteiger partial charge in [0, 0.05) is 22.8 Å². The van der Waals surface area contributed by atoms with E-state index in [1.807, 2.05) is 13.8 Å². The van der Waals surface area contributed by atoms with E-state index in [9.17, 15) is 4.79 Å². The molecule has 2 rings (SSSR count). The summed E-state index contributed by atoms with van der Waals surface area (Å²) in [5, 5.41) is 8.61. The normalized spacial score (nSPS) is 9.65. The van der Waals surface area contributed by atoms with Gasteiger partial charge < -0.3 is 5.11 Å². The molecule has 0 aromatic carbocycles. The van der Waals surface area contributed by atoms with Crippen LogP contribution in [0.5, 0.6) is 0 Å². The van der Waals surface area contributed by atoms with Gasteiger partial charge in [0.15, 0.2) is 0 Å². The Balaban J connectivity index is 0.000000204. The molecule has 0 spiro atoms. The molecule has 0 unspecified atom stereocenters. The van der Waals surface area contributed by atoms with Crippen molar-refractivity contribution in [1.82, 2.24) is 9.97 Å². The van der Waals surface area contributed by atoms with E-state index in [4.69, 9.17) is 5.11 Å². The first-order valence-corrected chi connectivity index (χ1v) is 6.38. The van der Waals surface area contributed by atoms with Gasteiger partial charge in [0.2, 0.25) is 0 Å². The smallest absolute Gasteiger partial charge is 0.335 e. The van der Waals surface area contributed by atoms with Crippen LogP contribution in [0.3, 0.4) is 0 Å². The Bertz CT molecular complexity index is 551. The highest BCUT2D eigenvalue weighted by Gasteiger charge is 2.03. The van der Waals surface area contributed by atoms with Crippen molar-refractivity contribution in [3.8, 4) is 0 Å². The van der Waals surface area contributed by atoms with E-state index in [0.29, 0.717) is 5.56 Å². The lowest BCUT2D eigenvalue weighted by Gasteiger charge is -1.97. The molecular formula is C16H20N2O2. The van der Waals surface area contributed by atoms with E-state index in [0.717, 1.165) is 22.8 Å². The largest absolute Gasteiger partial charge is 0.478 e. The van der Waals surface area contributed by atoms with Crippen molar-refractivity contribution in [2.75, 3.05) is 0 Å². The summed E-state index contributed by atoms with van der Waals surface area (Å²) >= 11 is 0. The Morgan fingerprint density at radius 3 is 1.45 bits per heavy atom. The van der Waals surface area contributed by atoms with Crippen LogP contribution in [0.4, 0.5) is 0 Å². The number of aryl methyl sites for hydroxylation is 5. The third-order valence-corrected chi connectivity index (χ3v) is 2.55.